The molecule has 2 aromatic carbocycles. The Morgan fingerprint density at radius 3 is 2.40 bits per heavy atom. The van der Waals surface area contributed by atoms with Gasteiger partial charge in [0, 0.05) is 29.3 Å². The van der Waals surface area contributed by atoms with Gasteiger partial charge in [0.25, 0.3) is 15.9 Å². The van der Waals surface area contributed by atoms with E-state index in [1.54, 1.807) is 41.8 Å². The Labute approximate surface area is 277 Å². The molecule has 0 radical (unpaired) electrons. The van der Waals surface area contributed by atoms with Gasteiger partial charge in [-0.25, -0.2) is 22.9 Å². The van der Waals surface area contributed by atoms with Crippen molar-refractivity contribution in [3.63, 3.8) is 0 Å². The molecular formula is C35H45N5O6S. The zero-order valence-electron chi connectivity index (χ0n) is 28.4. The molecule has 1 saturated heterocycles. The number of carbonyl (C=O) groups excluding carboxylic acids is 2. The van der Waals surface area contributed by atoms with Crippen LogP contribution in [0.3, 0.4) is 0 Å². The highest BCUT2D eigenvalue weighted by molar-refractivity contribution is 7.92. The zero-order chi connectivity index (χ0) is 34.3. The van der Waals surface area contributed by atoms with Crippen LogP contribution in [0.1, 0.15) is 75.9 Å². The van der Waals surface area contributed by atoms with Crippen LogP contribution in [0.15, 0.2) is 53.4 Å². The first-order chi connectivity index (χ1) is 22.1. The third-order valence-electron chi connectivity index (χ3n) is 8.66. The summed E-state index contributed by atoms with van der Waals surface area (Å²) in [6, 6.07) is 12.7. The van der Waals surface area contributed by atoms with Crippen molar-refractivity contribution in [1.29, 1.82) is 0 Å². The van der Waals surface area contributed by atoms with Crippen molar-refractivity contribution in [2.75, 3.05) is 17.9 Å². The molecule has 1 aromatic heterocycles. The molecule has 2 aliphatic heterocycles. The second-order valence-corrected chi connectivity index (χ2v) is 15.5. The summed E-state index contributed by atoms with van der Waals surface area (Å²) in [6.07, 6.45) is 0.357. The molecule has 4 bridgehead atoms. The number of nitrogens with zero attached hydrogens (tertiary/aromatic N) is 4. The number of likely N-dealkylation sites (tertiary alicyclic amines) is 1. The average Bonchev–Trinajstić information content (AvgIpc) is 3.29. The highest BCUT2D eigenvalue weighted by atomic mass is 32.2. The zero-order valence-corrected chi connectivity index (χ0v) is 29.2. The van der Waals surface area contributed by atoms with Crippen molar-refractivity contribution in [3.05, 3.63) is 65.2 Å². The number of fused-ring (bicyclic) bond motifs is 4. The maximum Gasteiger partial charge on any atom is 0.410 e. The van der Waals surface area contributed by atoms with Crippen molar-refractivity contribution in [2.45, 2.75) is 96.9 Å². The van der Waals surface area contributed by atoms with Crippen LogP contribution in [-0.4, -0.2) is 77.1 Å². The van der Waals surface area contributed by atoms with Crippen molar-refractivity contribution in [2.24, 2.45) is 5.92 Å². The highest BCUT2D eigenvalue weighted by Gasteiger charge is 2.47. The molecule has 2 aliphatic rings. The van der Waals surface area contributed by atoms with E-state index in [0.29, 0.717) is 18.5 Å². The summed E-state index contributed by atoms with van der Waals surface area (Å²) in [5.74, 6) is -0.114. The normalized spacial score (nSPS) is 20.6. The summed E-state index contributed by atoms with van der Waals surface area (Å²) in [7, 11) is -4.19. The van der Waals surface area contributed by atoms with Crippen LogP contribution in [0.2, 0.25) is 0 Å². The number of sulfonamides is 1. The Hall–Kier alpha value is -4.19. The van der Waals surface area contributed by atoms with E-state index in [4.69, 9.17) is 9.47 Å². The lowest BCUT2D eigenvalue weighted by molar-refractivity contribution is 0.0423. The third-order valence-corrected chi connectivity index (χ3v) is 9.99. The van der Waals surface area contributed by atoms with Gasteiger partial charge in [0.2, 0.25) is 11.8 Å². The molecule has 1 fully saturated rings. The molecular weight excluding hydrogens is 618 g/mol. The van der Waals surface area contributed by atoms with Gasteiger partial charge in [-0.05, 0) is 89.6 Å². The van der Waals surface area contributed by atoms with E-state index in [2.05, 4.69) is 28.5 Å². The van der Waals surface area contributed by atoms with E-state index in [0.717, 1.165) is 16.7 Å². The number of ether oxygens (including phenoxy) is 2. The Bertz CT molecular complexity index is 1750. The van der Waals surface area contributed by atoms with Gasteiger partial charge in [-0.2, -0.15) is 4.98 Å². The first-order valence-corrected chi connectivity index (χ1v) is 17.6. The Morgan fingerprint density at radius 1 is 1.06 bits per heavy atom. The smallest absolute Gasteiger partial charge is 0.410 e. The predicted octanol–water partition coefficient (Wildman–Crippen LogP) is 6.21. The van der Waals surface area contributed by atoms with E-state index in [-0.39, 0.29) is 59.4 Å². The molecule has 3 heterocycles. The lowest BCUT2D eigenvalue weighted by atomic mass is 9.95. The van der Waals surface area contributed by atoms with Crippen LogP contribution < -0.4 is 9.46 Å². The van der Waals surface area contributed by atoms with E-state index in [9.17, 15) is 18.0 Å². The van der Waals surface area contributed by atoms with Crippen LogP contribution >= 0.6 is 0 Å². The molecule has 11 nitrogen and oxygen atoms in total. The average molecular weight is 664 g/mol. The largest absolute Gasteiger partial charge is 0.475 e. The quantitative estimate of drug-likeness (QED) is 0.341. The highest BCUT2D eigenvalue weighted by Crippen LogP contribution is 2.36. The van der Waals surface area contributed by atoms with Gasteiger partial charge in [-0.1, -0.05) is 38.1 Å². The molecule has 0 saturated carbocycles. The number of aromatic nitrogens is 2. The standard InChI is InChI=1S/C35H45N5O6S/c1-21(2)15-26-20-45-30-17-29(31-23(5)11-9-12-24(31)6)36-33(37-30)38-47(43,44)28-14-10-13-25(16-28)32(41)40(26)27-18-35(7,8)39(19-27)34(42)46-22(3)4/h9-14,16-17,21-22,26-27H,15,18-20H2,1-8H3,(H,36,37,38)/t26-,27?/m1/s1. The maximum absolute atomic E-state index is 14.6. The number of carbonyl (C=O) groups is 2. The number of rotatable bonds is 5. The second kappa shape index (κ2) is 13.1. The lowest BCUT2D eigenvalue weighted by Gasteiger charge is -2.37. The number of hydrogen-bond acceptors (Lipinski definition) is 8. The topological polar surface area (TPSA) is 131 Å². The lowest BCUT2D eigenvalue weighted by Crippen LogP contribution is -2.51. The van der Waals surface area contributed by atoms with Gasteiger partial charge in [0.1, 0.15) is 6.61 Å². The molecule has 1 unspecified atom stereocenters. The fraction of sp³-hybridized carbons (Fsp3) is 0.486. The fourth-order valence-electron chi connectivity index (χ4n) is 6.62. The van der Waals surface area contributed by atoms with E-state index >= 15 is 0 Å². The Kier molecular flexibility index (Phi) is 9.54. The van der Waals surface area contributed by atoms with Crippen LogP contribution in [0.5, 0.6) is 5.88 Å². The first kappa shape index (κ1) is 34.2. The second-order valence-electron chi connectivity index (χ2n) is 13.8. The van der Waals surface area contributed by atoms with Gasteiger partial charge in [0.05, 0.1) is 28.8 Å². The van der Waals surface area contributed by atoms with Crippen LogP contribution in [0.4, 0.5) is 10.7 Å². The summed E-state index contributed by atoms with van der Waals surface area (Å²) in [5, 5.41) is 0. The maximum atomic E-state index is 14.6. The van der Waals surface area contributed by atoms with Crippen LogP contribution in [0.25, 0.3) is 11.3 Å². The molecule has 0 spiro atoms. The molecule has 47 heavy (non-hydrogen) atoms. The summed E-state index contributed by atoms with van der Waals surface area (Å²) >= 11 is 0. The summed E-state index contributed by atoms with van der Waals surface area (Å²) < 4.78 is 41.8. The molecule has 0 aliphatic carbocycles. The van der Waals surface area contributed by atoms with Crippen LogP contribution in [0, 0.1) is 19.8 Å². The Morgan fingerprint density at radius 2 is 1.74 bits per heavy atom. The summed E-state index contributed by atoms with van der Waals surface area (Å²) in [6.45, 7) is 16.0. The third kappa shape index (κ3) is 7.37. The minimum Gasteiger partial charge on any atom is -0.475 e. The summed E-state index contributed by atoms with van der Waals surface area (Å²) in [4.78, 5) is 40.2. The van der Waals surface area contributed by atoms with Gasteiger partial charge >= 0.3 is 6.09 Å². The van der Waals surface area contributed by atoms with Gasteiger partial charge in [-0.15, -0.1) is 0 Å². The molecule has 5 rings (SSSR count). The number of nitrogens with one attached hydrogen (secondary N) is 1. The fourth-order valence-corrected chi connectivity index (χ4v) is 7.60. The van der Waals surface area contributed by atoms with Gasteiger partial charge < -0.3 is 19.3 Å². The summed E-state index contributed by atoms with van der Waals surface area (Å²) in [5.41, 5.74) is 2.91. The van der Waals surface area contributed by atoms with E-state index in [1.165, 1.54) is 12.1 Å². The number of benzene rings is 2. The minimum absolute atomic E-state index is 0.0897. The number of amides is 2. The molecule has 1 N–H and O–H groups in total. The molecule has 252 valence electrons. The van der Waals surface area contributed by atoms with E-state index < -0.39 is 27.7 Å². The SMILES string of the molecule is Cc1cccc(C)c1-c1cc2nc(n1)NS(=O)(=O)c1cccc(c1)C(=O)N(C1CN(C(=O)OC(C)C)C(C)(C)C1)[C@H](CC(C)C)CO2. The van der Waals surface area contributed by atoms with Crippen molar-refractivity contribution >= 4 is 28.0 Å². The van der Waals surface area contributed by atoms with Crippen molar-refractivity contribution < 1.29 is 27.5 Å². The number of anilines is 1. The number of hydrogen-bond donors (Lipinski definition) is 1. The molecule has 2 atom stereocenters. The van der Waals surface area contributed by atoms with Crippen LogP contribution in [-0.2, 0) is 14.8 Å². The minimum atomic E-state index is -4.19. The van der Waals surface area contributed by atoms with E-state index in [1.807, 2.05) is 45.9 Å². The molecule has 12 heteroatoms. The van der Waals surface area contributed by atoms with Crippen molar-refractivity contribution in [3.8, 4) is 17.1 Å². The number of aryl methyl sites for hydroxylation is 2. The van der Waals surface area contributed by atoms with Gasteiger partial charge in [0.15, 0.2) is 0 Å². The van der Waals surface area contributed by atoms with Crippen molar-refractivity contribution in [1.82, 2.24) is 19.8 Å². The Balaban J connectivity index is 1.65. The molecule has 3 aromatic rings. The predicted molar refractivity (Wildman–Crippen MR) is 180 cm³/mol. The van der Waals surface area contributed by atoms with Gasteiger partial charge in [-0.3, -0.25) is 4.79 Å². The molecule has 2 amide bonds. The monoisotopic (exact) mass is 663 g/mol. The first-order valence-electron chi connectivity index (χ1n) is 16.1.